The molecule has 0 N–H and O–H groups in total. The van der Waals surface area contributed by atoms with E-state index in [-0.39, 0.29) is 0 Å². The zero-order chi connectivity index (χ0) is 20.4. The van der Waals surface area contributed by atoms with Gasteiger partial charge in [-0.1, -0.05) is 6.07 Å². The highest BCUT2D eigenvalue weighted by molar-refractivity contribution is 7.91. The average Bonchev–Trinajstić information content (AvgIpc) is 3.40. The zero-order valence-corrected chi connectivity index (χ0v) is 18.0. The molecule has 3 heterocycles. The van der Waals surface area contributed by atoms with Crippen molar-refractivity contribution in [1.29, 1.82) is 0 Å². The van der Waals surface area contributed by atoms with Crippen molar-refractivity contribution in [2.75, 3.05) is 33.3 Å². The molecule has 9 heteroatoms. The van der Waals surface area contributed by atoms with Crippen LogP contribution in [0.3, 0.4) is 0 Å². The summed E-state index contributed by atoms with van der Waals surface area (Å²) in [5.74, 6) is 2.15. The number of hydrogen-bond donors (Lipinski definition) is 0. The molecule has 1 fully saturated rings. The SMILES string of the molecule is COc1ccc(-c2nc(CN3CCN(S(=O)(=O)c4cccs4)CC3)c(C)o2)cc1. The van der Waals surface area contributed by atoms with Gasteiger partial charge in [0.05, 0.1) is 12.8 Å². The minimum absolute atomic E-state index is 0.405. The number of hydrogen-bond acceptors (Lipinski definition) is 7. The number of ether oxygens (including phenoxy) is 1. The largest absolute Gasteiger partial charge is 0.497 e. The van der Waals surface area contributed by atoms with Crippen LogP contribution in [0, 0.1) is 6.92 Å². The van der Waals surface area contributed by atoms with Crippen LogP contribution in [0.5, 0.6) is 5.75 Å². The molecule has 0 unspecified atom stereocenters. The number of aryl methyl sites for hydroxylation is 1. The summed E-state index contributed by atoms with van der Waals surface area (Å²) in [7, 11) is -1.75. The minimum atomic E-state index is -3.38. The number of thiophene rings is 1. The molecule has 0 spiro atoms. The fourth-order valence-electron chi connectivity index (χ4n) is 3.31. The molecule has 4 rings (SSSR count). The van der Waals surface area contributed by atoms with E-state index in [1.807, 2.05) is 31.2 Å². The Morgan fingerprint density at radius 3 is 2.48 bits per heavy atom. The van der Waals surface area contributed by atoms with Crippen molar-refractivity contribution in [3.63, 3.8) is 0 Å². The van der Waals surface area contributed by atoms with Crippen LogP contribution in [0.4, 0.5) is 0 Å². The lowest BCUT2D eigenvalue weighted by Crippen LogP contribution is -2.48. The highest BCUT2D eigenvalue weighted by Gasteiger charge is 2.29. The molecule has 1 aromatic carbocycles. The molecular formula is C20H23N3O4S2. The first-order chi connectivity index (χ1) is 14.0. The summed E-state index contributed by atoms with van der Waals surface area (Å²) < 4.78 is 38.3. The second-order valence-corrected chi connectivity index (χ2v) is 9.98. The number of sulfonamides is 1. The van der Waals surface area contributed by atoms with E-state index >= 15 is 0 Å². The Morgan fingerprint density at radius 1 is 1.14 bits per heavy atom. The van der Waals surface area contributed by atoms with Crippen molar-refractivity contribution in [2.45, 2.75) is 17.7 Å². The van der Waals surface area contributed by atoms with Crippen molar-refractivity contribution in [2.24, 2.45) is 0 Å². The van der Waals surface area contributed by atoms with Gasteiger partial charge < -0.3 is 9.15 Å². The Labute approximate surface area is 174 Å². The molecule has 7 nitrogen and oxygen atoms in total. The van der Waals surface area contributed by atoms with E-state index in [4.69, 9.17) is 9.15 Å². The Morgan fingerprint density at radius 2 is 1.86 bits per heavy atom. The molecule has 0 aliphatic carbocycles. The van der Waals surface area contributed by atoms with Gasteiger partial charge >= 0.3 is 0 Å². The fraction of sp³-hybridized carbons (Fsp3) is 0.350. The molecule has 1 saturated heterocycles. The first-order valence-corrected chi connectivity index (χ1v) is 11.7. The van der Waals surface area contributed by atoms with E-state index < -0.39 is 10.0 Å². The van der Waals surface area contributed by atoms with Gasteiger partial charge in [-0.05, 0) is 42.6 Å². The van der Waals surface area contributed by atoms with Crippen molar-refractivity contribution in [3.05, 3.63) is 53.2 Å². The quantitative estimate of drug-likeness (QED) is 0.594. The van der Waals surface area contributed by atoms with Gasteiger partial charge in [0.25, 0.3) is 10.0 Å². The molecule has 0 amide bonds. The molecule has 0 bridgehead atoms. The third-order valence-electron chi connectivity index (χ3n) is 5.02. The molecule has 1 aliphatic rings. The normalized spacial score (nSPS) is 16.2. The minimum Gasteiger partial charge on any atom is -0.497 e. The lowest BCUT2D eigenvalue weighted by atomic mass is 10.2. The summed E-state index contributed by atoms with van der Waals surface area (Å²) in [5.41, 5.74) is 1.78. The third kappa shape index (κ3) is 4.23. The summed E-state index contributed by atoms with van der Waals surface area (Å²) in [4.78, 5) is 6.87. The van der Waals surface area contributed by atoms with Crippen molar-refractivity contribution < 1.29 is 17.6 Å². The first-order valence-electron chi connectivity index (χ1n) is 9.34. The molecule has 154 valence electrons. The Balaban J connectivity index is 1.40. The molecule has 2 aromatic heterocycles. The number of piperazine rings is 1. The monoisotopic (exact) mass is 433 g/mol. The maximum atomic E-state index is 12.7. The summed E-state index contributed by atoms with van der Waals surface area (Å²) in [6.45, 7) is 4.82. The number of benzene rings is 1. The van der Waals surface area contributed by atoms with Crippen LogP contribution in [-0.2, 0) is 16.6 Å². The van der Waals surface area contributed by atoms with Crippen LogP contribution in [-0.4, -0.2) is 55.9 Å². The molecular weight excluding hydrogens is 410 g/mol. The van der Waals surface area contributed by atoms with E-state index in [0.29, 0.717) is 42.8 Å². The van der Waals surface area contributed by atoms with Crippen LogP contribution in [0.25, 0.3) is 11.5 Å². The topological polar surface area (TPSA) is 75.9 Å². The fourth-order valence-corrected chi connectivity index (χ4v) is 5.88. The van der Waals surface area contributed by atoms with Crippen molar-refractivity contribution in [1.82, 2.24) is 14.2 Å². The number of nitrogens with zero attached hydrogens (tertiary/aromatic N) is 3. The molecule has 0 radical (unpaired) electrons. The van der Waals surface area contributed by atoms with E-state index in [1.165, 1.54) is 11.3 Å². The second-order valence-electron chi connectivity index (χ2n) is 6.86. The maximum Gasteiger partial charge on any atom is 0.252 e. The van der Waals surface area contributed by atoms with E-state index in [2.05, 4.69) is 9.88 Å². The smallest absolute Gasteiger partial charge is 0.252 e. The van der Waals surface area contributed by atoms with Gasteiger partial charge in [-0.25, -0.2) is 13.4 Å². The van der Waals surface area contributed by atoms with Crippen molar-refractivity contribution in [3.8, 4) is 17.2 Å². The Kier molecular flexibility index (Phi) is 5.73. The van der Waals surface area contributed by atoms with E-state index in [1.54, 1.807) is 28.9 Å². The first kappa shape index (κ1) is 20.1. The lowest BCUT2D eigenvalue weighted by Gasteiger charge is -2.33. The zero-order valence-electron chi connectivity index (χ0n) is 16.4. The molecule has 0 atom stereocenters. The Bertz CT molecular complexity index is 1050. The predicted octanol–water partition coefficient (Wildman–Crippen LogP) is 3.23. The van der Waals surface area contributed by atoms with Gasteiger partial charge in [0, 0.05) is 38.3 Å². The van der Waals surface area contributed by atoms with Gasteiger partial charge in [0.1, 0.15) is 15.7 Å². The van der Waals surface area contributed by atoms with E-state index in [9.17, 15) is 8.42 Å². The highest BCUT2D eigenvalue weighted by atomic mass is 32.2. The van der Waals surface area contributed by atoms with Crippen LogP contribution in [0.15, 0.2) is 50.4 Å². The second kappa shape index (κ2) is 8.27. The highest BCUT2D eigenvalue weighted by Crippen LogP contribution is 2.26. The number of methoxy groups -OCH3 is 1. The molecule has 1 aliphatic heterocycles. The number of rotatable bonds is 6. The van der Waals surface area contributed by atoms with Gasteiger partial charge in [0.2, 0.25) is 5.89 Å². The standard InChI is InChI=1S/C20H23N3O4S2/c1-15-18(21-20(27-15)16-5-7-17(26-2)8-6-16)14-22-9-11-23(12-10-22)29(24,25)19-4-3-13-28-19/h3-8,13H,9-12,14H2,1-2H3. The summed E-state index contributed by atoms with van der Waals surface area (Å²) >= 11 is 1.26. The van der Waals surface area contributed by atoms with Crippen LogP contribution >= 0.6 is 11.3 Å². The van der Waals surface area contributed by atoms with Crippen LogP contribution < -0.4 is 4.74 Å². The van der Waals surface area contributed by atoms with Gasteiger partial charge in [-0.15, -0.1) is 11.3 Å². The summed E-state index contributed by atoms with van der Waals surface area (Å²) in [5, 5.41) is 1.79. The molecule has 0 saturated carbocycles. The third-order valence-corrected chi connectivity index (χ3v) is 8.30. The molecule has 29 heavy (non-hydrogen) atoms. The van der Waals surface area contributed by atoms with Gasteiger partial charge in [0.15, 0.2) is 0 Å². The van der Waals surface area contributed by atoms with Gasteiger partial charge in [-0.2, -0.15) is 4.31 Å². The van der Waals surface area contributed by atoms with Crippen LogP contribution in [0.1, 0.15) is 11.5 Å². The average molecular weight is 434 g/mol. The molecule has 3 aromatic rings. The van der Waals surface area contributed by atoms with Crippen molar-refractivity contribution >= 4 is 21.4 Å². The van der Waals surface area contributed by atoms with Gasteiger partial charge in [-0.3, -0.25) is 4.90 Å². The maximum absolute atomic E-state index is 12.7. The Hall–Kier alpha value is -2.20. The predicted molar refractivity (Wildman–Crippen MR) is 112 cm³/mol. The lowest BCUT2D eigenvalue weighted by molar-refractivity contribution is 0.179. The number of oxazole rings is 1. The number of aromatic nitrogens is 1. The van der Waals surface area contributed by atoms with Crippen LogP contribution in [0.2, 0.25) is 0 Å². The summed E-state index contributed by atoms with van der Waals surface area (Å²) in [6.07, 6.45) is 0. The summed E-state index contributed by atoms with van der Waals surface area (Å²) in [6, 6.07) is 11.0. The van der Waals surface area contributed by atoms with E-state index in [0.717, 1.165) is 22.8 Å².